The number of hydrogen-bond donors (Lipinski definition) is 1. The van der Waals surface area contributed by atoms with E-state index in [0.29, 0.717) is 0 Å². The lowest BCUT2D eigenvalue weighted by molar-refractivity contribution is -0.131. The Morgan fingerprint density at radius 2 is 2.00 bits per heavy atom. The third kappa shape index (κ3) is 3.79. The molecule has 0 saturated carbocycles. The van der Waals surface area contributed by atoms with E-state index >= 15 is 0 Å². The summed E-state index contributed by atoms with van der Waals surface area (Å²) in [5, 5.41) is 8.46. The highest BCUT2D eigenvalue weighted by Crippen LogP contribution is 2.02. The number of carboxylic acids is 1. The summed E-state index contributed by atoms with van der Waals surface area (Å²) in [6, 6.07) is 0. The van der Waals surface area contributed by atoms with Gasteiger partial charge in [0.1, 0.15) is 0 Å². The maximum absolute atomic E-state index is 10.3. The van der Waals surface area contributed by atoms with Crippen LogP contribution >= 0.6 is 0 Å². The molecule has 80 valence electrons. The molecule has 0 unspecified atom stereocenters. The van der Waals surface area contributed by atoms with Crippen molar-refractivity contribution in [3.63, 3.8) is 0 Å². The van der Waals surface area contributed by atoms with Crippen molar-refractivity contribution in [2.45, 2.75) is 13.3 Å². The third-order valence-corrected chi connectivity index (χ3v) is 2.37. The number of hydrogen-bond acceptors (Lipinski definition) is 3. The molecule has 4 nitrogen and oxygen atoms in total. The largest absolute Gasteiger partial charge is 0.478 e. The number of piperazine rings is 1. The van der Waals surface area contributed by atoms with E-state index in [1.165, 1.54) is 12.5 Å². The molecule has 0 spiro atoms. The lowest BCUT2D eigenvalue weighted by Gasteiger charge is -2.33. The first kappa shape index (κ1) is 11.0. The molecule has 1 fully saturated rings. The van der Waals surface area contributed by atoms with Gasteiger partial charge in [0, 0.05) is 38.5 Å². The third-order valence-electron chi connectivity index (χ3n) is 2.37. The molecule has 0 atom stereocenters. The van der Waals surface area contributed by atoms with Crippen LogP contribution in [0.4, 0.5) is 0 Å². The summed E-state index contributed by atoms with van der Waals surface area (Å²) in [7, 11) is 0. The molecule has 0 aromatic heterocycles. The Morgan fingerprint density at radius 3 is 2.50 bits per heavy atom. The summed E-state index contributed by atoms with van der Waals surface area (Å²) >= 11 is 0. The fourth-order valence-corrected chi connectivity index (χ4v) is 1.62. The van der Waals surface area contributed by atoms with Crippen LogP contribution in [0.5, 0.6) is 0 Å². The zero-order chi connectivity index (χ0) is 10.4. The van der Waals surface area contributed by atoms with Crippen molar-refractivity contribution in [2.75, 3.05) is 32.7 Å². The van der Waals surface area contributed by atoms with E-state index in [2.05, 4.69) is 16.7 Å². The minimum Gasteiger partial charge on any atom is -0.478 e. The van der Waals surface area contributed by atoms with Gasteiger partial charge in [-0.15, -0.1) is 0 Å². The Bertz CT molecular complexity index is 208. The van der Waals surface area contributed by atoms with E-state index in [0.717, 1.165) is 32.7 Å². The SMILES string of the molecule is CCCN1CCN(/C=C/C(=O)O)CC1. The van der Waals surface area contributed by atoms with Crippen molar-refractivity contribution >= 4 is 5.97 Å². The van der Waals surface area contributed by atoms with Crippen LogP contribution < -0.4 is 0 Å². The second kappa shape index (κ2) is 5.65. The van der Waals surface area contributed by atoms with Gasteiger partial charge in [-0.05, 0) is 13.0 Å². The highest BCUT2D eigenvalue weighted by molar-refractivity contribution is 5.79. The summed E-state index contributed by atoms with van der Waals surface area (Å²) < 4.78 is 0. The smallest absolute Gasteiger partial charge is 0.329 e. The molecular weight excluding hydrogens is 180 g/mol. The number of nitrogens with zero attached hydrogens (tertiary/aromatic N) is 2. The molecule has 1 N–H and O–H groups in total. The summed E-state index contributed by atoms with van der Waals surface area (Å²) in [6.07, 6.45) is 4.06. The van der Waals surface area contributed by atoms with Gasteiger partial charge >= 0.3 is 5.97 Å². The number of carbonyl (C=O) groups is 1. The van der Waals surface area contributed by atoms with E-state index in [1.807, 2.05) is 0 Å². The highest BCUT2D eigenvalue weighted by atomic mass is 16.4. The predicted molar refractivity (Wildman–Crippen MR) is 55.1 cm³/mol. The molecule has 1 rings (SSSR count). The van der Waals surface area contributed by atoms with Crippen LogP contribution in [-0.2, 0) is 4.79 Å². The number of carboxylic acid groups (broad SMARTS) is 1. The summed E-state index contributed by atoms with van der Waals surface area (Å²) in [5.41, 5.74) is 0. The van der Waals surface area contributed by atoms with Crippen molar-refractivity contribution in [3.8, 4) is 0 Å². The fraction of sp³-hybridized carbons (Fsp3) is 0.700. The molecule has 14 heavy (non-hydrogen) atoms. The van der Waals surface area contributed by atoms with Gasteiger partial charge in [0.15, 0.2) is 0 Å². The maximum atomic E-state index is 10.3. The quantitative estimate of drug-likeness (QED) is 0.672. The first-order valence-corrected chi connectivity index (χ1v) is 5.10. The molecule has 4 heteroatoms. The second-order valence-electron chi connectivity index (χ2n) is 3.53. The Balaban J connectivity index is 2.25. The summed E-state index contributed by atoms with van der Waals surface area (Å²) in [4.78, 5) is 14.7. The van der Waals surface area contributed by atoms with Crippen LogP contribution in [0.1, 0.15) is 13.3 Å². The van der Waals surface area contributed by atoms with E-state index in [-0.39, 0.29) is 0 Å². The molecule has 0 aromatic carbocycles. The minimum absolute atomic E-state index is 0.874. The number of aliphatic carboxylic acids is 1. The number of rotatable bonds is 4. The molecule has 0 bridgehead atoms. The van der Waals surface area contributed by atoms with Crippen LogP contribution in [0, 0.1) is 0 Å². The first-order chi connectivity index (χ1) is 6.72. The van der Waals surface area contributed by atoms with Crippen LogP contribution in [0.25, 0.3) is 0 Å². The van der Waals surface area contributed by atoms with Crippen molar-refractivity contribution < 1.29 is 9.90 Å². The standard InChI is InChI=1S/C10H18N2O2/c1-2-4-11-6-8-12(9-7-11)5-3-10(13)14/h3,5H,2,4,6-9H2,1H3,(H,13,14)/b5-3+. The van der Waals surface area contributed by atoms with Crippen molar-refractivity contribution in [2.24, 2.45) is 0 Å². The Morgan fingerprint density at radius 1 is 1.36 bits per heavy atom. The van der Waals surface area contributed by atoms with Gasteiger partial charge in [0.25, 0.3) is 0 Å². The second-order valence-corrected chi connectivity index (χ2v) is 3.53. The molecule has 0 amide bonds. The van der Waals surface area contributed by atoms with Gasteiger partial charge < -0.3 is 10.0 Å². The van der Waals surface area contributed by atoms with Gasteiger partial charge in [-0.25, -0.2) is 4.79 Å². The normalized spacial score (nSPS) is 19.1. The van der Waals surface area contributed by atoms with E-state index in [1.54, 1.807) is 6.20 Å². The lowest BCUT2D eigenvalue weighted by atomic mass is 10.3. The molecule has 1 aliphatic rings. The summed E-state index contributed by atoms with van der Waals surface area (Å²) in [5.74, 6) is -0.874. The van der Waals surface area contributed by atoms with Gasteiger partial charge in [-0.3, -0.25) is 4.90 Å². The van der Waals surface area contributed by atoms with Crippen LogP contribution in [0.3, 0.4) is 0 Å². The lowest BCUT2D eigenvalue weighted by Crippen LogP contribution is -2.44. The molecule has 1 saturated heterocycles. The Kier molecular flexibility index (Phi) is 4.46. The topological polar surface area (TPSA) is 43.8 Å². The first-order valence-electron chi connectivity index (χ1n) is 5.10. The van der Waals surface area contributed by atoms with Crippen molar-refractivity contribution in [1.29, 1.82) is 0 Å². The monoisotopic (exact) mass is 198 g/mol. The molecule has 0 aliphatic carbocycles. The van der Waals surface area contributed by atoms with Gasteiger partial charge in [-0.1, -0.05) is 6.92 Å². The van der Waals surface area contributed by atoms with Gasteiger partial charge in [0.05, 0.1) is 0 Å². The van der Waals surface area contributed by atoms with Crippen molar-refractivity contribution in [3.05, 3.63) is 12.3 Å². The van der Waals surface area contributed by atoms with E-state index in [9.17, 15) is 4.79 Å². The van der Waals surface area contributed by atoms with Gasteiger partial charge in [-0.2, -0.15) is 0 Å². The Labute approximate surface area is 84.8 Å². The molecule has 0 aromatic rings. The molecule has 1 aliphatic heterocycles. The fourth-order valence-electron chi connectivity index (χ4n) is 1.62. The van der Waals surface area contributed by atoms with Crippen LogP contribution in [0.15, 0.2) is 12.3 Å². The van der Waals surface area contributed by atoms with E-state index in [4.69, 9.17) is 5.11 Å². The minimum atomic E-state index is -0.874. The Hall–Kier alpha value is -1.03. The molecule has 1 heterocycles. The maximum Gasteiger partial charge on any atom is 0.329 e. The van der Waals surface area contributed by atoms with Crippen LogP contribution in [0.2, 0.25) is 0 Å². The van der Waals surface area contributed by atoms with E-state index < -0.39 is 5.97 Å². The van der Waals surface area contributed by atoms with Crippen molar-refractivity contribution in [1.82, 2.24) is 9.80 Å². The zero-order valence-electron chi connectivity index (χ0n) is 8.65. The van der Waals surface area contributed by atoms with Gasteiger partial charge in [0.2, 0.25) is 0 Å². The average molecular weight is 198 g/mol. The summed E-state index contributed by atoms with van der Waals surface area (Å²) in [6.45, 7) is 7.27. The molecule has 0 radical (unpaired) electrons. The highest BCUT2D eigenvalue weighted by Gasteiger charge is 2.12. The zero-order valence-corrected chi connectivity index (χ0v) is 8.65. The average Bonchev–Trinajstić information content (AvgIpc) is 2.17. The van der Waals surface area contributed by atoms with Crippen LogP contribution in [-0.4, -0.2) is 53.6 Å². The molecular formula is C10H18N2O2. The predicted octanol–water partition coefficient (Wildman–Crippen LogP) is 0.612.